The van der Waals surface area contributed by atoms with E-state index in [9.17, 15) is 10.2 Å². The molecule has 3 rings (SSSR count). The number of rotatable bonds is 7. The average molecular weight is 378 g/mol. The van der Waals surface area contributed by atoms with Crippen LogP contribution in [-0.4, -0.2) is 90.0 Å². The molecule has 2 aliphatic heterocycles. The van der Waals surface area contributed by atoms with Crippen LogP contribution in [0, 0.1) is 0 Å². The molecule has 2 aliphatic rings. The average Bonchev–Trinajstić information content (AvgIpc) is 2.67. The second-order valence-electron chi connectivity index (χ2n) is 7.87. The molecule has 1 aromatic rings. The van der Waals surface area contributed by atoms with Crippen LogP contribution < -0.4 is 4.74 Å². The van der Waals surface area contributed by atoms with Gasteiger partial charge in [0.05, 0.1) is 6.61 Å². The summed E-state index contributed by atoms with van der Waals surface area (Å²) in [4.78, 5) is 7.44. The van der Waals surface area contributed by atoms with Crippen molar-refractivity contribution in [3.63, 3.8) is 0 Å². The van der Waals surface area contributed by atoms with E-state index in [0.29, 0.717) is 24.4 Å². The second kappa shape index (κ2) is 9.73. The normalized spacial score (nSPS) is 23.6. The Hall–Kier alpha value is -1.34. The molecule has 0 saturated carbocycles. The van der Waals surface area contributed by atoms with E-state index < -0.39 is 0 Å². The maximum atomic E-state index is 10.5. The van der Waals surface area contributed by atoms with Gasteiger partial charge in [-0.25, -0.2) is 0 Å². The summed E-state index contributed by atoms with van der Waals surface area (Å²) in [6.45, 7) is 8.70. The SMILES string of the molecule is CCOc1cccc(CN2CCN(C3CCN(C)CC3)C(CCO)C2)c1O. The number of nitrogens with zero attached hydrogens (tertiary/aromatic N) is 3. The van der Waals surface area contributed by atoms with Gasteiger partial charge in [-0.05, 0) is 52.4 Å². The van der Waals surface area contributed by atoms with E-state index in [-0.39, 0.29) is 12.4 Å². The van der Waals surface area contributed by atoms with Gasteiger partial charge in [-0.1, -0.05) is 12.1 Å². The highest BCUT2D eigenvalue weighted by Gasteiger charge is 2.33. The van der Waals surface area contributed by atoms with Crippen molar-refractivity contribution in [1.29, 1.82) is 0 Å². The Morgan fingerprint density at radius 3 is 2.63 bits per heavy atom. The molecule has 0 bridgehead atoms. The number of hydrogen-bond donors (Lipinski definition) is 2. The summed E-state index contributed by atoms with van der Waals surface area (Å²) in [6.07, 6.45) is 3.25. The minimum absolute atomic E-state index is 0.229. The molecule has 0 aliphatic carbocycles. The standard InChI is InChI=1S/C21H35N3O3/c1-3-27-20-6-4-5-17(21(20)26)15-23-12-13-24(19(16-23)9-14-25)18-7-10-22(2)11-8-18/h4-6,18-19,25-26H,3,7-16H2,1-2H3. The highest BCUT2D eigenvalue weighted by atomic mass is 16.5. The Morgan fingerprint density at radius 1 is 1.15 bits per heavy atom. The van der Waals surface area contributed by atoms with Crippen LogP contribution in [0.5, 0.6) is 11.5 Å². The molecule has 2 fully saturated rings. The molecular weight excluding hydrogens is 342 g/mol. The minimum atomic E-state index is 0.229. The smallest absolute Gasteiger partial charge is 0.162 e. The predicted octanol–water partition coefficient (Wildman–Crippen LogP) is 1.75. The van der Waals surface area contributed by atoms with Crippen molar-refractivity contribution in [1.82, 2.24) is 14.7 Å². The molecular formula is C21H35N3O3. The third-order valence-corrected chi connectivity index (χ3v) is 6.01. The molecule has 2 saturated heterocycles. The van der Waals surface area contributed by atoms with Crippen LogP contribution in [0.15, 0.2) is 18.2 Å². The number of aliphatic hydroxyl groups excluding tert-OH is 1. The molecule has 27 heavy (non-hydrogen) atoms. The molecule has 0 spiro atoms. The number of para-hydroxylation sites is 1. The second-order valence-corrected chi connectivity index (χ2v) is 7.87. The van der Waals surface area contributed by atoms with Crippen LogP contribution in [0.3, 0.4) is 0 Å². The number of likely N-dealkylation sites (tertiary alicyclic amines) is 1. The number of aliphatic hydroxyl groups is 1. The topological polar surface area (TPSA) is 59.4 Å². The molecule has 6 nitrogen and oxygen atoms in total. The summed E-state index contributed by atoms with van der Waals surface area (Å²) in [6, 6.07) is 6.75. The molecule has 2 N–H and O–H groups in total. The van der Waals surface area contributed by atoms with Crippen LogP contribution in [0.4, 0.5) is 0 Å². The van der Waals surface area contributed by atoms with Crippen LogP contribution in [0.2, 0.25) is 0 Å². The Morgan fingerprint density at radius 2 is 1.93 bits per heavy atom. The molecule has 0 aromatic heterocycles. The largest absolute Gasteiger partial charge is 0.504 e. The Balaban J connectivity index is 1.63. The van der Waals surface area contributed by atoms with E-state index in [0.717, 1.165) is 51.3 Å². The number of phenolic OH excluding ortho intramolecular Hbond substituents is 1. The number of hydrogen-bond acceptors (Lipinski definition) is 6. The first kappa shape index (κ1) is 20.4. The van der Waals surface area contributed by atoms with Crippen molar-refractivity contribution >= 4 is 0 Å². The molecule has 152 valence electrons. The van der Waals surface area contributed by atoms with Gasteiger partial charge in [0.25, 0.3) is 0 Å². The van der Waals surface area contributed by atoms with Gasteiger partial charge in [-0.15, -0.1) is 0 Å². The summed E-state index contributed by atoms with van der Waals surface area (Å²) in [7, 11) is 2.20. The highest BCUT2D eigenvalue weighted by molar-refractivity contribution is 5.45. The fourth-order valence-corrected chi connectivity index (χ4v) is 4.50. The first-order chi connectivity index (χ1) is 13.1. The third-order valence-electron chi connectivity index (χ3n) is 6.01. The van der Waals surface area contributed by atoms with Gasteiger partial charge in [0.1, 0.15) is 0 Å². The minimum Gasteiger partial charge on any atom is -0.504 e. The first-order valence-corrected chi connectivity index (χ1v) is 10.3. The first-order valence-electron chi connectivity index (χ1n) is 10.3. The monoisotopic (exact) mass is 377 g/mol. The van der Waals surface area contributed by atoms with Gasteiger partial charge in [-0.2, -0.15) is 0 Å². The molecule has 1 aromatic carbocycles. The number of ether oxygens (including phenoxy) is 1. The van der Waals surface area contributed by atoms with Crippen molar-refractivity contribution in [3.8, 4) is 11.5 Å². The number of benzene rings is 1. The summed E-state index contributed by atoms with van der Waals surface area (Å²) >= 11 is 0. The quantitative estimate of drug-likeness (QED) is 0.755. The van der Waals surface area contributed by atoms with E-state index in [2.05, 4.69) is 21.7 Å². The summed E-state index contributed by atoms with van der Waals surface area (Å²) < 4.78 is 5.52. The number of aromatic hydroxyl groups is 1. The predicted molar refractivity (Wildman–Crippen MR) is 107 cm³/mol. The molecule has 6 heteroatoms. The van der Waals surface area contributed by atoms with Crippen molar-refractivity contribution < 1.29 is 14.9 Å². The van der Waals surface area contributed by atoms with Gasteiger partial charge in [0.15, 0.2) is 11.5 Å². The summed E-state index contributed by atoms with van der Waals surface area (Å²) in [5.41, 5.74) is 0.913. The van der Waals surface area contributed by atoms with Crippen LogP contribution >= 0.6 is 0 Å². The van der Waals surface area contributed by atoms with E-state index in [1.165, 1.54) is 12.8 Å². The molecule has 0 amide bonds. The van der Waals surface area contributed by atoms with Crippen LogP contribution in [0.1, 0.15) is 31.7 Å². The highest BCUT2D eigenvalue weighted by Crippen LogP contribution is 2.31. The van der Waals surface area contributed by atoms with E-state index >= 15 is 0 Å². The van der Waals surface area contributed by atoms with Crippen molar-refractivity contribution in [2.24, 2.45) is 0 Å². The molecule has 1 atom stereocenters. The molecule has 0 radical (unpaired) electrons. The zero-order valence-electron chi connectivity index (χ0n) is 16.8. The van der Waals surface area contributed by atoms with Gasteiger partial charge < -0.3 is 19.8 Å². The maximum absolute atomic E-state index is 10.5. The lowest BCUT2D eigenvalue weighted by molar-refractivity contribution is 0.00579. The fourth-order valence-electron chi connectivity index (χ4n) is 4.50. The maximum Gasteiger partial charge on any atom is 0.162 e. The van der Waals surface area contributed by atoms with Crippen molar-refractivity contribution in [3.05, 3.63) is 23.8 Å². The Kier molecular flexibility index (Phi) is 7.35. The number of phenols is 1. The van der Waals surface area contributed by atoms with Crippen LogP contribution in [0.25, 0.3) is 0 Å². The van der Waals surface area contributed by atoms with E-state index in [1.807, 2.05) is 25.1 Å². The zero-order chi connectivity index (χ0) is 19.2. The summed E-state index contributed by atoms with van der Waals surface area (Å²) in [5, 5.41) is 20.1. The van der Waals surface area contributed by atoms with Crippen molar-refractivity contribution in [2.45, 2.75) is 44.8 Å². The molecule has 1 unspecified atom stereocenters. The van der Waals surface area contributed by atoms with Gasteiger partial charge in [-0.3, -0.25) is 9.80 Å². The van der Waals surface area contributed by atoms with Gasteiger partial charge in [0.2, 0.25) is 0 Å². The third kappa shape index (κ3) is 5.13. The lowest BCUT2D eigenvalue weighted by atomic mass is 9.98. The van der Waals surface area contributed by atoms with E-state index in [4.69, 9.17) is 4.74 Å². The Bertz CT molecular complexity index is 590. The number of piperazine rings is 1. The van der Waals surface area contributed by atoms with Crippen molar-refractivity contribution in [2.75, 3.05) is 53.0 Å². The van der Waals surface area contributed by atoms with Gasteiger partial charge in [0, 0.05) is 50.4 Å². The fraction of sp³-hybridized carbons (Fsp3) is 0.714. The summed E-state index contributed by atoms with van der Waals surface area (Å²) in [5.74, 6) is 0.822. The van der Waals surface area contributed by atoms with Gasteiger partial charge >= 0.3 is 0 Å². The lowest BCUT2D eigenvalue weighted by Crippen LogP contribution is -2.58. The van der Waals surface area contributed by atoms with Crippen LogP contribution in [-0.2, 0) is 6.54 Å². The molecule has 2 heterocycles. The van der Waals surface area contributed by atoms with E-state index in [1.54, 1.807) is 0 Å². The zero-order valence-corrected chi connectivity index (χ0v) is 16.8. The number of piperidine rings is 1. The lowest BCUT2D eigenvalue weighted by Gasteiger charge is -2.47. The Labute approximate surface area is 163 Å².